The van der Waals surface area contributed by atoms with E-state index >= 15 is 0 Å². The fourth-order valence-electron chi connectivity index (χ4n) is 4.13. The van der Waals surface area contributed by atoms with Crippen molar-refractivity contribution in [1.29, 1.82) is 0 Å². The molecule has 0 spiro atoms. The molecular formula is C20H31N3O. The number of carbonyl (C=O) groups is 1. The van der Waals surface area contributed by atoms with Crippen molar-refractivity contribution in [2.45, 2.75) is 58.0 Å². The van der Waals surface area contributed by atoms with Crippen molar-refractivity contribution in [3.8, 4) is 0 Å². The number of nitrogens with zero attached hydrogens (tertiary/aromatic N) is 1. The van der Waals surface area contributed by atoms with Gasteiger partial charge in [-0.1, -0.05) is 32.0 Å². The van der Waals surface area contributed by atoms with Crippen LogP contribution in [-0.4, -0.2) is 36.1 Å². The minimum atomic E-state index is 0.138. The average Bonchev–Trinajstić information content (AvgIpc) is 2.59. The first-order valence-electron chi connectivity index (χ1n) is 9.49. The quantitative estimate of drug-likeness (QED) is 0.877. The first-order chi connectivity index (χ1) is 11.6. The molecule has 0 aromatic heterocycles. The highest BCUT2D eigenvalue weighted by molar-refractivity contribution is 5.74. The van der Waals surface area contributed by atoms with Crippen LogP contribution in [0.3, 0.4) is 0 Å². The van der Waals surface area contributed by atoms with Gasteiger partial charge in [-0.25, -0.2) is 4.79 Å². The Morgan fingerprint density at radius 3 is 2.42 bits per heavy atom. The third kappa shape index (κ3) is 4.43. The Labute approximate surface area is 146 Å². The van der Waals surface area contributed by atoms with Crippen LogP contribution in [-0.2, 0) is 0 Å². The van der Waals surface area contributed by atoms with E-state index in [2.05, 4.69) is 48.7 Å². The summed E-state index contributed by atoms with van der Waals surface area (Å²) < 4.78 is 0. The van der Waals surface area contributed by atoms with Gasteiger partial charge in [0.05, 0.1) is 0 Å². The van der Waals surface area contributed by atoms with E-state index in [4.69, 9.17) is 0 Å². The molecule has 2 fully saturated rings. The van der Waals surface area contributed by atoms with Crippen molar-refractivity contribution in [3.63, 3.8) is 0 Å². The average molecular weight is 329 g/mol. The van der Waals surface area contributed by atoms with Gasteiger partial charge >= 0.3 is 6.03 Å². The zero-order chi connectivity index (χ0) is 16.9. The third-order valence-electron chi connectivity index (χ3n) is 5.67. The van der Waals surface area contributed by atoms with Gasteiger partial charge in [-0.2, -0.15) is 0 Å². The zero-order valence-electron chi connectivity index (χ0n) is 15.0. The maximum absolute atomic E-state index is 12.6. The highest BCUT2D eigenvalue weighted by Crippen LogP contribution is 2.28. The summed E-state index contributed by atoms with van der Waals surface area (Å²) in [4.78, 5) is 14.5. The molecule has 1 saturated carbocycles. The summed E-state index contributed by atoms with van der Waals surface area (Å²) in [5.41, 5.74) is 1.17. The van der Waals surface area contributed by atoms with E-state index in [1.165, 1.54) is 18.5 Å². The summed E-state index contributed by atoms with van der Waals surface area (Å²) >= 11 is 0. The van der Waals surface area contributed by atoms with Crippen molar-refractivity contribution >= 4 is 11.7 Å². The molecule has 24 heavy (non-hydrogen) atoms. The fraction of sp³-hybridized carbons (Fsp3) is 0.650. The van der Waals surface area contributed by atoms with Gasteiger partial charge < -0.3 is 15.5 Å². The fourth-order valence-corrected chi connectivity index (χ4v) is 4.13. The van der Waals surface area contributed by atoms with E-state index in [9.17, 15) is 4.79 Å². The Hall–Kier alpha value is -1.71. The van der Waals surface area contributed by atoms with Gasteiger partial charge in [0.15, 0.2) is 0 Å². The van der Waals surface area contributed by atoms with Gasteiger partial charge in [0.2, 0.25) is 0 Å². The lowest BCUT2D eigenvalue weighted by Crippen LogP contribution is -2.51. The van der Waals surface area contributed by atoms with E-state index in [0.717, 1.165) is 38.3 Å². The SMILES string of the molecule is CC1CCC(NC(=O)N2CCC(Nc3ccccc3)CC2)C(C)C1. The molecule has 3 rings (SSSR count). The predicted octanol–water partition coefficient (Wildman–Crippen LogP) is 4.10. The molecule has 0 radical (unpaired) electrons. The number of carbonyl (C=O) groups excluding carboxylic acids is 1. The second-order valence-corrected chi connectivity index (χ2v) is 7.72. The number of rotatable bonds is 3. The van der Waals surface area contributed by atoms with E-state index in [0.29, 0.717) is 18.0 Å². The summed E-state index contributed by atoms with van der Waals surface area (Å²) in [5.74, 6) is 1.39. The van der Waals surface area contributed by atoms with E-state index in [1.54, 1.807) is 0 Å². The molecule has 4 heteroatoms. The monoisotopic (exact) mass is 329 g/mol. The molecule has 3 atom stereocenters. The minimum absolute atomic E-state index is 0.138. The van der Waals surface area contributed by atoms with Crippen LogP contribution in [0.1, 0.15) is 46.0 Å². The van der Waals surface area contributed by atoms with Gasteiger partial charge in [-0.05, 0) is 56.1 Å². The molecule has 2 amide bonds. The van der Waals surface area contributed by atoms with Crippen molar-refractivity contribution in [2.75, 3.05) is 18.4 Å². The normalized spacial score (nSPS) is 28.4. The number of piperidine rings is 1. The van der Waals surface area contributed by atoms with Gasteiger partial charge in [-0.15, -0.1) is 0 Å². The Kier molecular flexibility index (Phi) is 5.64. The number of anilines is 1. The number of para-hydroxylation sites is 1. The number of urea groups is 1. The van der Waals surface area contributed by atoms with Crippen LogP contribution in [0, 0.1) is 11.8 Å². The Bertz CT molecular complexity index is 525. The summed E-state index contributed by atoms with van der Waals surface area (Å²) in [7, 11) is 0. The number of hydrogen-bond donors (Lipinski definition) is 2. The van der Waals surface area contributed by atoms with E-state index in [-0.39, 0.29) is 6.03 Å². The Balaban J connectivity index is 1.43. The second kappa shape index (κ2) is 7.91. The van der Waals surface area contributed by atoms with Crippen molar-refractivity contribution in [2.24, 2.45) is 11.8 Å². The standard InChI is InChI=1S/C20H31N3O/c1-15-8-9-19(16(2)14-15)22-20(24)23-12-10-18(11-13-23)21-17-6-4-3-5-7-17/h3-7,15-16,18-19,21H,8-14H2,1-2H3,(H,22,24). The highest BCUT2D eigenvalue weighted by atomic mass is 16.2. The lowest BCUT2D eigenvalue weighted by Gasteiger charge is -2.37. The molecular weight excluding hydrogens is 298 g/mol. The van der Waals surface area contributed by atoms with Crippen LogP contribution in [0.15, 0.2) is 30.3 Å². The zero-order valence-corrected chi connectivity index (χ0v) is 15.0. The molecule has 0 bridgehead atoms. The van der Waals surface area contributed by atoms with Crippen molar-refractivity contribution in [3.05, 3.63) is 30.3 Å². The van der Waals surface area contributed by atoms with Crippen LogP contribution in [0.4, 0.5) is 10.5 Å². The predicted molar refractivity (Wildman–Crippen MR) is 99.2 cm³/mol. The molecule has 2 N–H and O–H groups in total. The molecule has 1 aromatic rings. The first kappa shape index (κ1) is 17.1. The molecule has 2 aliphatic rings. The van der Waals surface area contributed by atoms with Crippen molar-refractivity contribution < 1.29 is 4.79 Å². The first-order valence-corrected chi connectivity index (χ1v) is 9.49. The Morgan fingerprint density at radius 2 is 1.75 bits per heavy atom. The van der Waals surface area contributed by atoms with Crippen LogP contribution in [0.25, 0.3) is 0 Å². The van der Waals surface area contributed by atoms with E-state index < -0.39 is 0 Å². The van der Waals surface area contributed by atoms with E-state index in [1.807, 2.05) is 11.0 Å². The lowest BCUT2D eigenvalue weighted by molar-refractivity contribution is 0.164. The summed E-state index contributed by atoms with van der Waals surface area (Å²) in [6.07, 6.45) is 5.62. The Morgan fingerprint density at radius 1 is 1.04 bits per heavy atom. The maximum atomic E-state index is 12.6. The molecule has 1 aliphatic carbocycles. The summed E-state index contributed by atoms with van der Waals surface area (Å²) in [6, 6.07) is 11.3. The number of benzene rings is 1. The molecule has 1 aliphatic heterocycles. The molecule has 4 nitrogen and oxygen atoms in total. The number of amides is 2. The maximum Gasteiger partial charge on any atom is 0.317 e. The summed E-state index contributed by atoms with van der Waals surface area (Å²) in [6.45, 7) is 6.28. The lowest BCUT2D eigenvalue weighted by atomic mass is 9.80. The molecule has 132 valence electrons. The highest BCUT2D eigenvalue weighted by Gasteiger charge is 2.29. The van der Waals surface area contributed by atoms with Crippen molar-refractivity contribution in [1.82, 2.24) is 10.2 Å². The number of hydrogen-bond acceptors (Lipinski definition) is 2. The molecule has 1 heterocycles. The number of nitrogens with one attached hydrogen (secondary N) is 2. The van der Waals surface area contributed by atoms with Gasteiger partial charge in [0, 0.05) is 30.9 Å². The molecule has 3 unspecified atom stereocenters. The summed E-state index contributed by atoms with van der Waals surface area (Å²) in [5, 5.41) is 6.87. The topological polar surface area (TPSA) is 44.4 Å². The van der Waals surface area contributed by atoms with Crippen LogP contribution in [0.2, 0.25) is 0 Å². The van der Waals surface area contributed by atoms with Gasteiger partial charge in [0.1, 0.15) is 0 Å². The van der Waals surface area contributed by atoms with Crippen LogP contribution >= 0.6 is 0 Å². The van der Waals surface area contributed by atoms with Crippen LogP contribution in [0.5, 0.6) is 0 Å². The van der Waals surface area contributed by atoms with Gasteiger partial charge in [-0.3, -0.25) is 0 Å². The minimum Gasteiger partial charge on any atom is -0.382 e. The smallest absolute Gasteiger partial charge is 0.317 e. The molecule has 1 saturated heterocycles. The second-order valence-electron chi connectivity index (χ2n) is 7.72. The van der Waals surface area contributed by atoms with Crippen LogP contribution < -0.4 is 10.6 Å². The molecule has 1 aromatic carbocycles. The van der Waals surface area contributed by atoms with Gasteiger partial charge in [0.25, 0.3) is 0 Å². The largest absolute Gasteiger partial charge is 0.382 e. The number of likely N-dealkylation sites (tertiary alicyclic amines) is 1. The third-order valence-corrected chi connectivity index (χ3v) is 5.67.